The van der Waals surface area contributed by atoms with Crippen LogP contribution < -0.4 is 5.32 Å². The predicted molar refractivity (Wildman–Crippen MR) is 80.3 cm³/mol. The molecule has 0 spiro atoms. The fraction of sp³-hybridized carbons (Fsp3) is 0.500. The van der Waals surface area contributed by atoms with Gasteiger partial charge in [0, 0.05) is 18.7 Å². The van der Waals surface area contributed by atoms with E-state index < -0.39 is 11.0 Å². The Bertz CT molecular complexity index is 522. The second-order valence-electron chi connectivity index (χ2n) is 4.97. The molecule has 0 fully saturated rings. The molecule has 1 rings (SSSR count). The van der Waals surface area contributed by atoms with E-state index in [1.165, 1.54) is 18.2 Å². The van der Waals surface area contributed by atoms with Gasteiger partial charge in [0.2, 0.25) is 5.91 Å². The molecule has 2 N–H and O–H groups in total. The van der Waals surface area contributed by atoms with Crippen LogP contribution in [0.1, 0.15) is 25.8 Å². The summed E-state index contributed by atoms with van der Waals surface area (Å²) in [7, 11) is 0. The number of hydrogen-bond donors (Lipinski definition) is 2. The number of carbonyl (C=O) groups excluding carboxylic acids is 1. The van der Waals surface area contributed by atoms with Crippen molar-refractivity contribution < 1.29 is 14.8 Å². The Balaban J connectivity index is 2.57. The van der Waals surface area contributed by atoms with E-state index in [9.17, 15) is 20.0 Å². The maximum absolute atomic E-state index is 11.8. The van der Waals surface area contributed by atoms with Crippen molar-refractivity contribution in [1.82, 2.24) is 5.32 Å². The summed E-state index contributed by atoms with van der Waals surface area (Å²) in [6.07, 6.45) is 0.251. The van der Waals surface area contributed by atoms with Gasteiger partial charge in [-0.15, -0.1) is 0 Å². The Hall–Kier alpha value is -1.66. The maximum Gasteiger partial charge on any atom is 0.270 e. The first-order valence-electron chi connectivity index (χ1n) is 6.72. The van der Waals surface area contributed by atoms with Gasteiger partial charge in [-0.2, -0.15) is 0 Å². The van der Waals surface area contributed by atoms with Gasteiger partial charge in [-0.3, -0.25) is 14.9 Å². The fourth-order valence-electron chi connectivity index (χ4n) is 1.72. The van der Waals surface area contributed by atoms with Gasteiger partial charge < -0.3 is 10.4 Å². The summed E-state index contributed by atoms with van der Waals surface area (Å²) in [6.45, 7) is 4.05. The van der Waals surface area contributed by atoms with Crippen molar-refractivity contribution >= 4 is 23.2 Å². The molecule has 0 radical (unpaired) electrons. The second-order valence-corrected chi connectivity index (χ2v) is 5.37. The van der Waals surface area contributed by atoms with E-state index in [-0.39, 0.29) is 35.5 Å². The Kier molecular flexibility index (Phi) is 6.58. The monoisotopic (exact) mass is 314 g/mol. The van der Waals surface area contributed by atoms with Crippen LogP contribution in [0.2, 0.25) is 5.02 Å². The molecule has 1 aromatic rings. The van der Waals surface area contributed by atoms with Gasteiger partial charge in [0.1, 0.15) is 0 Å². The number of nitro groups is 1. The van der Waals surface area contributed by atoms with Crippen molar-refractivity contribution in [1.29, 1.82) is 0 Å². The highest BCUT2D eigenvalue weighted by Crippen LogP contribution is 2.22. The molecule has 1 amide bonds. The Labute approximate surface area is 128 Å². The van der Waals surface area contributed by atoms with E-state index in [0.29, 0.717) is 5.56 Å². The Morgan fingerprint density at radius 3 is 2.71 bits per heavy atom. The fourth-order valence-corrected chi connectivity index (χ4v) is 1.96. The molecule has 116 valence electrons. The highest BCUT2D eigenvalue weighted by Gasteiger charge is 2.15. The van der Waals surface area contributed by atoms with Crippen molar-refractivity contribution in [3.8, 4) is 0 Å². The van der Waals surface area contributed by atoms with Crippen LogP contribution in [-0.4, -0.2) is 28.6 Å². The van der Waals surface area contributed by atoms with Crippen molar-refractivity contribution in [2.45, 2.75) is 32.8 Å². The van der Waals surface area contributed by atoms with Crippen LogP contribution in [0.5, 0.6) is 0 Å². The van der Waals surface area contributed by atoms with E-state index >= 15 is 0 Å². The minimum absolute atomic E-state index is 0.0179. The highest BCUT2D eigenvalue weighted by molar-refractivity contribution is 6.31. The molecule has 0 saturated heterocycles. The summed E-state index contributed by atoms with van der Waals surface area (Å²) in [5.74, 6) is -0.179. The molecule has 2 unspecified atom stereocenters. The van der Waals surface area contributed by atoms with Crippen molar-refractivity contribution in [3.05, 3.63) is 38.9 Å². The van der Waals surface area contributed by atoms with Gasteiger partial charge in [0.25, 0.3) is 5.69 Å². The van der Waals surface area contributed by atoms with Gasteiger partial charge in [0.15, 0.2) is 0 Å². The zero-order chi connectivity index (χ0) is 16.0. The number of nitrogens with zero attached hydrogens (tertiary/aromatic N) is 1. The third-order valence-corrected chi connectivity index (χ3v) is 3.76. The number of hydrogen-bond acceptors (Lipinski definition) is 4. The lowest BCUT2D eigenvalue weighted by atomic mass is 10.0. The predicted octanol–water partition coefficient (Wildman–Crippen LogP) is 2.31. The molecular formula is C14H19ClN2O4. The number of halogens is 1. The zero-order valence-electron chi connectivity index (χ0n) is 12.0. The number of amides is 1. The first-order valence-corrected chi connectivity index (χ1v) is 7.10. The Morgan fingerprint density at radius 2 is 2.19 bits per heavy atom. The third kappa shape index (κ3) is 5.32. The molecule has 0 bridgehead atoms. The van der Waals surface area contributed by atoms with Crippen molar-refractivity contribution in [2.24, 2.45) is 5.92 Å². The number of rotatable bonds is 7. The van der Waals surface area contributed by atoms with Crippen molar-refractivity contribution in [3.63, 3.8) is 0 Å². The molecular weight excluding hydrogens is 296 g/mol. The summed E-state index contributed by atoms with van der Waals surface area (Å²) >= 11 is 5.92. The van der Waals surface area contributed by atoms with E-state index in [1.807, 2.05) is 13.8 Å². The summed E-state index contributed by atoms with van der Waals surface area (Å²) in [6, 6.07) is 3.99. The lowest BCUT2D eigenvalue weighted by molar-refractivity contribution is -0.384. The van der Waals surface area contributed by atoms with Gasteiger partial charge in [-0.1, -0.05) is 37.9 Å². The van der Waals surface area contributed by atoms with Gasteiger partial charge in [-0.05, 0) is 11.5 Å². The quantitative estimate of drug-likeness (QED) is 0.596. The summed E-state index contributed by atoms with van der Waals surface area (Å²) < 4.78 is 0. The SMILES string of the molecule is CCC(C)C(O)CNC(=O)Cc1ccc([N+](=O)[O-])cc1Cl. The number of nitro benzene ring substituents is 1. The molecule has 0 aliphatic rings. The topological polar surface area (TPSA) is 92.5 Å². The number of benzene rings is 1. The van der Waals surface area contributed by atoms with Crippen LogP contribution in [0.25, 0.3) is 0 Å². The summed E-state index contributed by atoms with van der Waals surface area (Å²) in [5, 5.41) is 23.2. The van der Waals surface area contributed by atoms with Gasteiger partial charge in [-0.25, -0.2) is 0 Å². The molecule has 1 aromatic carbocycles. The number of non-ortho nitro benzene ring substituents is 1. The van der Waals surface area contributed by atoms with Gasteiger partial charge >= 0.3 is 0 Å². The Morgan fingerprint density at radius 1 is 1.52 bits per heavy atom. The van der Waals surface area contributed by atoms with E-state index in [1.54, 1.807) is 0 Å². The first-order chi connectivity index (χ1) is 9.85. The highest BCUT2D eigenvalue weighted by atomic mass is 35.5. The van der Waals surface area contributed by atoms with Crippen molar-refractivity contribution in [2.75, 3.05) is 6.54 Å². The number of nitrogens with one attached hydrogen (secondary N) is 1. The van der Waals surface area contributed by atoms with E-state index in [4.69, 9.17) is 11.6 Å². The van der Waals surface area contributed by atoms with Crippen LogP contribution in [0.15, 0.2) is 18.2 Å². The average Bonchev–Trinajstić information content (AvgIpc) is 2.45. The second kappa shape index (κ2) is 7.95. The van der Waals surface area contributed by atoms with Crippen LogP contribution >= 0.6 is 11.6 Å². The molecule has 0 aliphatic carbocycles. The van der Waals surface area contributed by atoms with E-state index in [0.717, 1.165) is 6.42 Å². The standard InChI is InChI=1S/C14H19ClN2O4/c1-3-9(2)13(18)8-16-14(19)6-10-4-5-11(17(20)21)7-12(10)15/h4-5,7,9,13,18H,3,6,8H2,1-2H3,(H,16,19). The van der Waals surface area contributed by atoms with Gasteiger partial charge in [0.05, 0.1) is 22.5 Å². The van der Waals surface area contributed by atoms with Crippen LogP contribution in [0.3, 0.4) is 0 Å². The molecule has 7 heteroatoms. The van der Waals surface area contributed by atoms with Crippen LogP contribution in [-0.2, 0) is 11.2 Å². The van der Waals surface area contributed by atoms with E-state index in [2.05, 4.69) is 5.32 Å². The van der Waals surface area contributed by atoms with Crippen LogP contribution in [0.4, 0.5) is 5.69 Å². The number of aliphatic hydroxyl groups is 1. The number of aliphatic hydroxyl groups excluding tert-OH is 1. The minimum Gasteiger partial charge on any atom is -0.391 e. The summed E-state index contributed by atoms with van der Waals surface area (Å²) in [4.78, 5) is 21.8. The zero-order valence-corrected chi connectivity index (χ0v) is 12.8. The lowest BCUT2D eigenvalue weighted by Gasteiger charge is -2.17. The normalized spacial score (nSPS) is 13.5. The maximum atomic E-state index is 11.8. The van der Waals surface area contributed by atoms with Crippen LogP contribution in [0, 0.1) is 16.0 Å². The third-order valence-electron chi connectivity index (χ3n) is 3.41. The first kappa shape index (κ1) is 17.4. The minimum atomic E-state index is -0.591. The number of carbonyl (C=O) groups is 1. The lowest BCUT2D eigenvalue weighted by Crippen LogP contribution is -2.36. The molecule has 0 heterocycles. The molecule has 21 heavy (non-hydrogen) atoms. The largest absolute Gasteiger partial charge is 0.391 e. The molecule has 0 aromatic heterocycles. The molecule has 0 saturated carbocycles. The molecule has 6 nitrogen and oxygen atoms in total. The smallest absolute Gasteiger partial charge is 0.270 e. The molecule has 0 aliphatic heterocycles. The molecule has 2 atom stereocenters. The average molecular weight is 315 g/mol. The summed E-state index contributed by atoms with van der Waals surface area (Å²) in [5.41, 5.74) is 0.397.